The van der Waals surface area contributed by atoms with Crippen molar-refractivity contribution in [3.8, 4) is 0 Å². The van der Waals surface area contributed by atoms with Gasteiger partial charge in [-0.1, -0.05) is 27.5 Å². The first-order valence-electron chi connectivity index (χ1n) is 5.07. The van der Waals surface area contributed by atoms with Crippen LogP contribution in [-0.2, 0) is 9.47 Å². The number of halogens is 4. The minimum absolute atomic E-state index is 0.199. The highest BCUT2D eigenvalue weighted by Gasteiger charge is 2.27. The Bertz CT molecular complexity index is 411. The number of alkyl halides is 1. The summed E-state index contributed by atoms with van der Waals surface area (Å²) in [6, 6.07) is 2.95. The SMILES string of the molecule is Fc1cc(Br)c(Cl)cc1C(Br)C1COCCO1. The summed E-state index contributed by atoms with van der Waals surface area (Å²) in [5.41, 5.74) is 0.480. The molecular weight excluding hydrogens is 378 g/mol. The van der Waals surface area contributed by atoms with E-state index in [1.54, 1.807) is 6.07 Å². The Balaban J connectivity index is 2.23. The third-order valence-electron chi connectivity index (χ3n) is 2.50. The maximum Gasteiger partial charge on any atom is 0.128 e. The normalized spacial score (nSPS) is 22.5. The van der Waals surface area contributed by atoms with E-state index in [1.165, 1.54) is 6.07 Å². The van der Waals surface area contributed by atoms with Crippen molar-refractivity contribution in [2.75, 3.05) is 19.8 Å². The highest BCUT2D eigenvalue weighted by atomic mass is 79.9. The number of rotatable bonds is 2. The van der Waals surface area contributed by atoms with Crippen molar-refractivity contribution < 1.29 is 13.9 Å². The first kappa shape index (κ1) is 13.7. The van der Waals surface area contributed by atoms with Crippen molar-refractivity contribution in [3.63, 3.8) is 0 Å². The van der Waals surface area contributed by atoms with Crippen molar-refractivity contribution in [2.45, 2.75) is 10.9 Å². The summed E-state index contributed by atoms with van der Waals surface area (Å²) in [4.78, 5) is -0.270. The van der Waals surface area contributed by atoms with Crippen LogP contribution in [0.1, 0.15) is 10.4 Å². The van der Waals surface area contributed by atoms with E-state index in [-0.39, 0.29) is 16.7 Å². The van der Waals surface area contributed by atoms with Crippen LogP contribution in [-0.4, -0.2) is 25.9 Å². The van der Waals surface area contributed by atoms with Crippen molar-refractivity contribution in [1.29, 1.82) is 0 Å². The quantitative estimate of drug-likeness (QED) is 0.561. The van der Waals surface area contributed by atoms with Crippen LogP contribution in [0.3, 0.4) is 0 Å². The van der Waals surface area contributed by atoms with Gasteiger partial charge in [0.2, 0.25) is 0 Å². The summed E-state index contributed by atoms with van der Waals surface area (Å²) in [7, 11) is 0. The van der Waals surface area contributed by atoms with E-state index in [2.05, 4.69) is 31.9 Å². The number of ether oxygens (including phenoxy) is 2. The van der Waals surface area contributed by atoms with E-state index in [9.17, 15) is 4.39 Å². The Hall–Kier alpha value is 0.320. The van der Waals surface area contributed by atoms with Gasteiger partial charge < -0.3 is 9.47 Å². The molecule has 0 bridgehead atoms. The standard InChI is InChI=1S/C11H10Br2ClFO2/c12-7-4-9(15)6(3-8(7)14)11(13)10-5-16-1-2-17-10/h3-4,10-11H,1-2,5H2. The van der Waals surface area contributed by atoms with Crippen LogP contribution in [0.4, 0.5) is 4.39 Å². The predicted octanol–water partition coefficient (Wildman–Crippen LogP) is 4.09. The van der Waals surface area contributed by atoms with Gasteiger partial charge in [-0.15, -0.1) is 0 Å². The molecule has 0 N–H and O–H groups in total. The second-order valence-electron chi connectivity index (χ2n) is 3.67. The van der Waals surface area contributed by atoms with Crippen LogP contribution >= 0.6 is 43.5 Å². The molecule has 0 radical (unpaired) electrons. The molecule has 1 fully saturated rings. The summed E-state index contributed by atoms with van der Waals surface area (Å²) >= 11 is 12.6. The Morgan fingerprint density at radius 3 is 2.82 bits per heavy atom. The van der Waals surface area contributed by atoms with Gasteiger partial charge in [0, 0.05) is 10.0 Å². The topological polar surface area (TPSA) is 18.5 Å². The minimum atomic E-state index is -0.322. The second-order valence-corrected chi connectivity index (χ2v) is 5.92. The molecule has 94 valence electrons. The van der Waals surface area contributed by atoms with Gasteiger partial charge in [-0.05, 0) is 28.1 Å². The molecule has 1 aliphatic heterocycles. The zero-order chi connectivity index (χ0) is 12.4. The molecule has 1 aromatic carbocycles. The fraction of sp³-hybridized carbons (Fsp3) is 0.455. The molecule has 0 aliphatic carbocycles. The van der Waals surface area contributed by atoms with Crippen LogP contribution in [0.2, 0.25) is 5.02 Å². The lowest BCUT2D eigenvalue weighted by Gasteiger charge is -2.27. The van der Waals surface area contributed by atoms with Gasteiger partial charge >= 0.3 is 0 Å². The maximum absolute atomic E-state index is 13.8. The van der Waals surface area contributed by atoms with Gasteiger partial charge in [-0.3, -0.25) is 0 Å². The molecule has 1 saturated heterocycles. The van der Waals surface area contributed by atoms with Gasteiger partial charge in [0.15, 0.2) is 0 Å². The smallest absolute Gasteiger partial charge is 0.128 e. The Morgan fingerprint density at radius 1 is 1.41 bits per heavy atom. The minimum Gasteiger partial charge on any atom is -0.376 e. The lowest BCUT2D eigenvalue weighted by molar-refractivity contribution is -0.0878. The predicted molar refractivity (Wildman–Crippen MR) is 71.3 cm³/mol. The Kier molecular flexibility index (Phi) is 4.83. The largest absolute Gasteiger partial charge is 0.376 e. The van der Waals surface area contributed by atoms with Gasteiger partial charge in [-0.25, -0.2) is 4.39 Å². The number of benzene rings is 1. The van der Waals surface area contributed by atoms with E-state index in [0.717, 1.165) is 0 Å². The molecule has 2 atom stereocenters. The third kappa shape index (κ3) is 3.20. The molecule has 1 aliphatic rings. The number of hydrogen-bond donors (Lipinski definition) is 0. The molecular formula is C11H10Br2ClFO2. The van der Waals surface area contributed by atoms with Crippen LogP contribution < -0.4 is 0 Å². The van der Waals surface area contributed by atoms with Gasteiger partial charge in [-0.2, -0.15) is 0 Å². The molecule has 0 amide bonds. The summed E-state index contributed by atoms with van der Waals surface area (Å²) < 4.78 is 25.2. The molecule has 2 rings (SSSR count). The first-order valence-corrected chi connectivity index (χ1v) is 7.16. The summed E-state index contributed by atoms with van der Waals surface area (Å²) in [5.74, 6) is -0.322. The summed E-state index contributed by atoms with van der Waals surface area (Å²) in [5, 5.41) is 0.475. The molecule has 2 nitrogen and oxygen atoms in total. The van der Waals surface area contributed by atoms with Gasteiger partial charge in [0.05, 0.1) is 35.8 Å². The molecule has 17 heavy (non-hydrogen) atoms. The van der Waals surface area contributed by atoms with Crippen LogP contribution in [0.25, 0.3) is 0 Å². The molecule has 0 spiro atoms. The molecule has 6 heteroatoms. The van der Waals surface area contributed by atoms with Crippen molar-refractivity contribution in [1.82, 2.24) is 0 Å². The van der Waals surface area contributed by atoms with Crippen molar-refractivity contribution in [2.24, 2.45) is 0 Å². The monoisotopic (exact) mass is 386 g/mol. The molecule has 0 saturated carbocycles. The second kappa shape index (κ2) is 5.97. The van der Waals surface area contributed by atoms with E-state index >= 15 is 0 Å². The average molecular weight is 388 g/mol. The molecule has 2 unspecified atom stereocenters. The van der Waals surface area contributed by atoms with E-state index < -0.39 is 0 Å². The highest BCUT2D eigenvalue weighted by Crippen LogP contribution is 2.35. The highest BCUT2D eigenvalue weighted by molar-refractivity contribution is 9.10. The van der Waals surface area contributed by atoms with Crippen LogP contribution in [0, 0.1) is 5.82 Å². The van der Waals surface area contributed by atoms with Crippen LogP contribution in [0.5, 0.6) is 0 Å². The summed E-state index contributed by atoms with van der Waals surface area (Å²) in [6.45, 7) is 1.56. The molecule has 0 aromatic heterocycles. The van der Waals surface area contributed by atoms with Crippen molar-refractivity contribution in [3.05, 3.63) is 33.0 Å². The Labute approximate surface area is 121 Å². The number of hydrogen-bond acceptors (Lipinski definition) is 2. The zero-order valence-corrected chi connectivity index (χ0v) is 12.7. The summed E-state index contributed by atoms with van der Waals surface area (Å²) in [6.07, 6.45) is -0.199. The van der Waals surface area contributed by atoms with Gasteiger partial charge in [0.25, 0.3) is 0 Å². The Morgan fingerprint density at radius 2 is 2.18 bits per heavy atom. The first-order chi connectivity index (χ1) is 8.09. The maximum atomic E-state index is 13.8. The fourth-order valence-electron chi connectivity index (χ4n) is 1.62. The lowest BCUT2D eigenvalue weighted by atomic mass is 10.1. The van der Waals surface area contributed by atoms with E-state index in [4.69, 9.17) is 21.1 Å². The molecule has 1 heterocycles. The van der Waals surface area contributed by atoms with Crippen molar-refractivity contribution >= 4 is 43.5 Å². The van der Waals surface area contributed by atoms with E-state index in [0.29, 0.717) is 34.9 Å². The third-order valence-corrected chi connectivity index (χ3v) is 4.78. The average Bonchev–Trinajstić information content (AvgIpc) is 2.34. The van der Waals surface area contributed by atoms with Crippen LogP contribution in [0.15, 0.2) is 16.6 Å². The van der Waals surface area contributed by atoms with E-state index in [1.807, 2.05) is 0 Å². The molecule has 1 aromatic rings. The fourth-order valence-corrected chi connectivity index (χ4v) is 2.77. The zero-order valence-electron chi connectivity index (χ0n) is 8.76. The lowest BCUT2D eigenvalue weighted by Crippen LogP contribution is -2.32. The van der Waals surface area contributed by atoms with Gasteiger partial charge in [0.1, 0.15) is 5.82 Å².